The predicted molar refractivity (Wildman–Crippen MR) is 107 cm³/mol. The largest absolute Gasteiger partial charge is 0.507 e. The van der Waals surface area contributed by atoms with Gasteiger partial charge < -0.3 is 19.5 Å². The van der Waals surface area contributed by atoms with Crippen LogP contribution in [0.2, 0.25) is 0 Å². The van der Waals surface area contributed by atoms with Crippen LogP contribution in [0.1, 0.15) is 27.3 Å². The van der Waals surface area contributed by atoms with E-state index in [1.54, 1.807) is 24.3 Å². The van der Waals surface area contributed by atoms with E-state index < -0.39 is 5.91 Å². The number of para-hydroxylation sites is 1. The summed E-state index contributed by atoms with van der Waals surface area (Å²) in [6, 6.07) is 13.7. The molecule has 1 amide bonds. The fourth-order valence-corrected chi connectivity index (χ4v) is 2.96. The third kappa shape index (κ3) is 3.68. The highest BCUT2D eigenvalue weighted by Crippen LogP contribution is 2.28. The summed E-state index contributed by atoms with van der Waals surface area (Å²) in [6.07, 6.45) is 1.30. The van der Waals surface area contributed by atoms with Crippen molar-refractivity contribution in [3.8, 4) is 22.9 Å². The van der Waals surface area contributed by atoms with E-state index in [9.17, 15) is 15.0 Å². The monoisotopic (exact) mass is 379 g/mol. The van der Waals surface area contributed by atoms with Crippen LogP contribution in [0.25, 0.3) is 5.69 Å². The summed E-state index contributed by atoms with van der Waals surface area (Å²) in [5, 5.41) is 24.1. The van der Waals surface area contributed by atoms with Crippen LogP contribution in [-0.4, -0.2) is 34.0 Å². The van der Waals surface area contributed by atoms with Gasteiger partial charge in [-0.2, -0.15) is 5.10 Å². The predicted octanol–water partition coefficient (Wildman–Crippen LogP) is 3.28. The van der Waals surface area contributed by atoms with Crippen molar-refractivity contribution in [2.45, 2.75) is 13.8 Å². The Morgan fingerprint density at radius 1 is 1.11 bits per heavy atom. The number of ether oxygens (including phenoxy) is 1. The van der Waals surface area contributed by atoms with Gasteiger partial charge in [-0.3, -0.25) is 4.79 Å². The number of aryl methyl sites for hydroxylation is 2. The zero-order valence-corrected chi connectivity index (χ0v) is 15.8. The number of carbonyl (C=O) groups excluding carboxylic acids is 1. The summed E-state index contributed by atoms with van der Waals surface area (Å²) < 4.78 is 7.00. The Kier molecular flexibility index (Phi) is 5.35. The van der Waals surface area contributed by atoms with E-state index in [0.29, 0.717) is 11.3 Å². The number of methoxy groups -OCH3 is 1. The van der Waals surface area contributed by atoms with E-state index in [4.69, 9.17) is 4.74 Å². The maximum absolute atomic E-state index is 12.3. The molecule has 28 heavy (non-hydrogen) atoms. The number of aromatic hydroxyl groups is 2. The van der Waals surface area contributed by atoms with Crippen LogP contribution in [0.4, 0.5) is 0 Å². The lowest BCUT2D eigenvalue weighted by Gasteiger charge is -2.11. The number of phenolic OH excluding ortho intramolecular Hbond substituents is 2. The lowest BCUT2D eigenvalue weighted by atomic mass is 10.1. The van der Waals surface area contributed by atoms with Crippen molar-refractivity contribution in [2.24, 2.45) is 5.10 Å². The number of carbonyl (C=O) groups is 1. The van der Waals surface area contributed by atoms with E-state index in [1.165, 1.54) is 25.5 Å². The Bertz CT molecular complexity index is 1030. The Balaban J connectivity index is 1.77. The summed E-state index contributed by atoms with van der Waals surface area (Å²) in [6.45, 7) is 3.93. The van der Waals surface area contributed by atoms with Crippen LogP contribution in [-0.2, 0) is 0 Å². The summed E-state index contributed by atoms with van der Waals surface area (Å²) in [4.78, 5) is 12.3. The number of hydrogen-bond acceptors (Lipinski definition) is 5. The van der Waals surface area contributed by atoms with Crippen molar-refractivity contribution in [3.63, 3.8) is 0 Å². The Morgan fingerprint density at radius 3 is 2.46 bits per heavy atom. The summed E-state index contributed by atoms with van der Waals surface area (Å²) >= 11 is 0. The zero-order chi connectivity index (χ0) is 20.3. The number of rotatable bonds is 5. The SMILES string of the molecule is COc1cccc(/C=N\NC(=O)c2ccc(-n3c(C)ccc3C)cc2O)c1O. The second-order valence-electron chi connectivity index (χ2n) is 6.25. The lowest BCUT2D eigenvalue weighted by Crippen LogP contribution is -2.18. The maximum atomic E-state index is 12.3. The number of benzene rings is 2. The maximum Gasteiger partial charge on any atom is 0.275 e. The van der Waals surface area contributed by atoms with Gasteiger partial charge in [0.2, 0.25) is 0 Å². The first-order valence-corrected chi connectivity index (χ1v) is 8.60. The summed E-state index contributed by atoms with van der Waals surface area (Å²) in [5.74, 6) is -0.489. The molecule has 0 saturated heterocycles. The van der Waals surface area contributed by atoms with Crippen molar-refractivity contribution in [3.05, 3.63) is 71.0 Å². The molecule has 3 rings (SSSR count). The molecule has 2 aromatic carbocycles. The molecule has 0 aliphatic rings. The molecule has 0 radical (unpaired) electrons. The normalized spacial score (nSPS) is 11.0. The molecule has 7 heteroatoms. The molecule has 3 aromatic rings. The second kappa shape index (κ2) is 7.87. The lowest BCUT2D eigenvalue weighted by molar-refractivity contribution is 0.0952. The van der Waals surface area contributed by atoms with Crippen molar-refractivity contribution in [2.75, 3.05) is 7.11 Å². The number of aromatic nitrogens is 1. The average Bonchev–Trinajstić information content (AvgIpc) is 3.01. The van der Waals surface area contributed by atoms with Crippen molar-refractivity contribution >= 4 is 12.1 Å². The zero-order valence-electron chi connectivity index (χ0n) is 15.8. The molecule has 1 aromatic heterocycles. The molecule has 7 nitrogen and oxygen atoms in total. The van der Waals surface area contributed by atoms with E-state index in [2.05, 4.69) is 10.5 Å². The number of nitrogens with one attached hydrogen (secondary N) is 1. The van der Waals surface area contributed by atoms with Gasteiger partial charge in [0.15, 0.2) is 11.5 Å². The Hall–Kier alpha value is -3.74. The molecular weight excluding hydrogens is 358 g/mol. The molecule has 0 fully saturated rings. The average molecular weight is 379 g/mol. The number of hydrogen-bond donors (Lipinski definition) is 3. The number of nitrogens with zero attached hydrogens (tertiary/aromatic N) is 2. The molecule has 0 atom stereocenters. The van der Waals surface area contributed by atoms with Gasteiger partial charge in [-0.05, 0) is 50.2 Å². The molecule has 1 heterocycles. The first-order chi connectivity index (χ1) is 13.4. The topological polar surface area (TPSA) is 96.1 Å². The van der Waals surface area contributed by atoms with Crippen molar-refractivity contribution in [1.82, 2.24) is 9.99 Å². The molecular formula is C21H21N3O4. The molecule has 0 saturated carbocycles. The Labute approximate surface area is 162 Å². The fourth-order valence-electron chi connectivity index (χ4n) is 2.96. The van der Waals surface area contributed by atoms with Crippen LogP contribution >= 0.6 is 0 Å². The standard InChI is InChI=1S/C21H21N3O4/c1-13-7-8-14(2)24(13)16-9-10-17(18(25)11-16)21(27)23-22-12-15-5-4-6-19(28-3)20(15)26/h4-12,25-26H,1-3H3,(H,23,27)/b22-12-. The van der Waals surface area contributed by atoms with Crippen molar-refractivity contribution in [1.29, 1.82) is 0 Å². The van der Waals surface area contributed by atoms with Gasteiger partial charge in [-0.15, -0.1) is 0 Å². The highest BCUT2D eigenvalue weighted by atomic mass is 16.5. The fraction of sp³-hybridized carbons (Fsp3) is 0.143. The van der Waals surface area contributed by atoms with Crippen molar-refractivity contribution < 1.29 is 19.7 Å². The van der Waals surface area contributed by atoms with E-state index in [1.807, 2.05) is 30.5 Å². The summed E-state index contributed by atoms with van der Waals surface area (Å²) in [5.41, 5.74) is 5.64. The van der Waals surface area contributed by atoms with Crippen LogP contribution in [0.5, 0.6) is 17.2 Å². The van der Waals surface area contributed by atoms with Gasteiger partial charge in [0, 0.05) is 28.7 Å². The molecule has 0 spiro atoms. The molecule has 0 bridgehead atoms. The van der Waals surface area contributed by atoms with Gasteiger partial charge in [-0.1, -0.05) is 6.07 Å². The second-order valence-corrected chi connectivity index (χ2v) is 6.25. The van der Waals surface area contributed by atoms with Gasteiger partial charge in [0.25, 0.3) is 5.91 Å². The molecule has 0 unspecified atom stereocenters. The van der Waals surface area contributed by atoms with Gasteiger partial charge >= 0.3 is 0 Å². The third-order valence-corrected chi connectivity index (χ3v) is 4.38. The van der Waals surface area contributed by atoms with Crippen LogP contribution in [0, 0.1) is 13.8 Å². The van der Waals surface area contributed by atoms with Gasteiger partial charge in [0.05, 0.1) is 18.9 Å². The first-order valence-electron chi connectivity index (χ1n) is 8.60. The number of amides is 1. The minimum absolute atomic E-state index is 0.0762. The molecule has 144 valence electrons. The Morgan fingerprint density at radius 2 is 1.82 bits per heavy atom. The first kappa shape index (κ1) is 19.0. The van der Waals surface area contributed by atoms with Crippen LogP contribution in [0.3, 0.4) is 0 Å². The highest BCUT2D eigenvalue weighted by Gasteiger charge is 2.13. The quantitative estimate of drug-likeness (QED) is 0.468. The highest BCUT2D eigenvalue weighted by molar-refractivity contribution is 5.97. The minimum atomic E-state index is -0.566. The van der Waals surface area contributed by atoms with Gasteiger partial charge in [0.1, 0.15) is 5.75 Å². The molecule has 3 N–H and O–H groups in total. The van der Waals surface area contributed by atoms with Gasteiger partial charge in [-0.25, -0.2) is 5.43 Å². The van der Waals surface area contributed by atoms with Crippen LogP contribution < -0.4 is 10.2 Å². The third-order valence-electron chi connectivity index (χ3n) is 4.38. The number of phenols is 2. The van der Waals surface area contributed by atoms with E-state index >= 15 is 0 Å². The molecule has 0 aliphatic carbocycles. The molecule has 0 aliphatic heterocycles. The number of hydrazone groups is 1. The minimum Gasteiger partial charge on any atom is -0.507 e. The van der Waals surface area contributed by atoms with E-state index in [-0.39, 0.29) is 17.1 Å². The van der Waals surface area contributed by atoms with E-state index in [0.717, 1.165) is 17.1 Å². The smallest absolute Gasteiger partial charge is 0.275 e. The summed E-state index contributed by atoms with van der Waals surface area (Å²) in [7, 11) is 1.45. The van der Waals surface area contributed by atoms with Crippen LogP contribution in [0.15, 0.2) is 53.6 Å².